The minimum absolute atomic E-state index is 0.1000. The maximum Gasteiger partial charge on any atom is 0.269 e. The van der Waals surface area contributed by atoms with Crippen molar-refractivity contribution in [1.82, 2.24) is 10.2 Å². The van der Waals surface area contributed by atoms with E-state index in [0.29, 0.717) is 12.4 Å². The molecule has 7 heteroatoms. The first-order valence-electron chi connectivity index (χ1n) is 4.68. The molecular formula is C9H14N4O3. The molecule has 1 amide bonds. The van der Waals surface area contributed by atoms with Crippen LogP contribution in [0.2, 0.25) is 0 Å². The van der Waals surface area contributed by atoms with Crippen LogP contribution in [0.15, 0.2) is 12.1 Å². The summed E-state index contributed by atoms with van der Waals surface area (Å²) < 4.78 is 4.76. The van der Waals surface area contributed by atoms with Crippen molar-refractivity contribution in [2.24, 2.45) is 5.73 Å². The second kappa shape index (κ2) is 5.99. The smallest absolute Gasteiger partial charge is 0.269 e. The van der Waals surface area contributed by atoms with Crippen molar-refractivity contribution >= 4 is 11.7 Å². The Kier molecular flexibility index (Phi) is 4.62. The first-order chi connectivity index (χ1) is 7.63. The van der Waals surface area contributed by atoms with E-state index in [4.69, 9.17) is 10.5 Å². The molecule has 88 valence electrons. The third kappa shape index (κ3) is 3.79. The van der Waals surface area contributed by atoms with Crippen LogP contribution >= 0.6 is 0 Å². The second-order valence-electron chi connectivity index (χ2n) is 3.16. The minimum atomic E-state index is -0.626. The van der Waals surface area contributed by atoms with Gasteiger partial charge in [0.2, 0.25) is 0 Å². The average Bonchev–Trinajstić information content (AvgIpc) is 2.27. The zero-order chi connectivity index (χ0) is 12.0. The summed E-state index contributed by atoms with van der Waals surface area (Å²) >= 11 is 0. The van der Waals surface area contributed by atoms with Gasteiger partial charge in [-0.1, -0.05) is 0 Å². The maximum atomic E-state index is 10.7. The second-order valence-corrected chi connectivity index (χ2v) is 3.16. The SMILES string of the molecule is COCC(O)CNc1ccc(C(N)=O)nn1. The number of carbonyl (C=O) groups excluding carboxylic acids is 1. The Morgan fingerprint density at radius 3 is 2.88 bits per heavy atom. The van der Waals surface area contributed by atoms with Crippen LogP contribution in [0.25, 0.3) is 0 Å². The molecule has 1 aromatic heterocycles. The normalized spacial score (nSPS) is 12.1. The van der Waals surface area contributed by atoms with Gasteiger partial charge in [-0.05, 0) is 12.1 Å². The zero-order valence-electron chi connectivity index (χ0n) is 8.88. The number of amides is 1. The summed E-state index contributed by atoms with van der Waals surface area (Å²) in [7, 11) is 1.50. The number of primary amides is 1. The maximum absolute atomic E-state index is 10.7. The van der Waals surface area contributed by atoms with Crippen LogP contribution in [0.1, 0.15) is 10.5 Å². The van der Waals surface area contributed by atoms with E-state index in [1.54, 1.807) is 6.07 Å². The Morgan fingerprint density at radius 2 is 2.38 bits per heavy atom. The molecule has 0 aliphatic heterocycles. The predicted molar refractivity (Wildman–Crippen MR) is 56.9 cm³/mol. The number of aromatic nitrogens is 2. The zero-order valence-corrected chi connectivity index (χ0v) is 8.88. The van der Waals surface area contributed by atoms with Crippen molar-refractivity contribution in [3.63, 3.8) is 0 Å². The number of nitrogens with zero attached hydrogens (tertiary/aromatic N) is 2. The van der Waals surface area contributed by atoms with Crippen molar-refractivity contribution < 1.29 is 14.6 Å². The Bertz CT molecular complexity index is 341. The molecule has 1 heterocycles. The lowest BCUT2D eigenvalue weighted by atomic mass is 10.3. The Hall–Kier alpha value is -1.73. The molecule has 0 bridgehead atoms. The topological polar surface area (TPSA) is 110 Å². The summed E-state index contributed by atoms with van der Waals surface area (Å²) in [5.41, 5.74) is 5.11. The Morgan fingerprint density at radius 1 is 1.62 bits per heavy atom. The van der Waals surface area contributed by atoms with E-state index in [1.165, 1.54) is 13.2 Å². The number of rotatable bonds is 6. The average molecular weight is 226 g/mol. The molecule has 0 spiro atoms. The molecule has 0 aliphatic rings. The summed E-state index contributed by atoms with van der Waals surface area (Å²) in [6, 6.07) is 3.02. The van der Waals surface area contributed by atoms with E-state index in [0.717, 1.165) is 0 Å². The van der Waals surface area contributed by atoms with Gasteiger partial charge >= 0.3 is 0 Å². The van der Waals surface area contributed by atoms with Gasteiger partial charge in [0.05, 0.1) is 12.7 Å². The van der Waals surface area contributed by atoms with Crippen LogP contribution < -0.4 is 11.1 Å². The fraction of sp³-hybridized carbons (Fsp3) is 0.444. The number of hydrogen-bond acceptors (Lipinski definition) is 6. The number of methoxy groups -OCH3 is 1. The van der Waals surface area contributed by atoms with E-state index in [-0.39, 0.29) is 12.3 Å². The number of aliphatic hydroxyl groups excluding tert-OH is 1. The van der Waals surface area contributed by atoms with Gasteiger partial charge in [-0.15, -0.1) is 10.2 Å². The molecule has 0 saturated carbocycles. The van der Waals surface area contributed by atoms with Crippen LogP contribution in [0.3, 0.4) is 0 Å². The van der Waals surface area contributed by atoms with E-state index in [2.05, 4.69) is 15.5 Å². The molecule has 0 aromatic carbocycles. The lowest BCUT2D eigenvalue weighted by molar-refractivity contribution is 0.0727. The van der Waals surface area contributed by atoms with Crippen molar-refractivity contribution in [3.05, 3.63) is 17.8 Å². The fourth-order valence-corrected chi connectivity index (χ4v) is 1.03. The molecule has 0 radical (unpaired) electrons. The van der Waals surface area contributed by atoms with Gasteiger partial charge in [0, 0.05) is 13.7 Å². The number of carbonyl (C=O) groups is 1. The molecule has 16 heavy (non-hydrogen) atoms. The van der Waals surface area contributed by atoms with Gasteiger partial charge in [0.1, 0.15) is 5.82 Å². The van der Waals surface area contributed by atoms with Crippen molar-refractivity contribution in [2.45, 2.75) is 6.10 Å². The van der Waals surface area contributed by atoms with Crippen LogP contribution in [-0.2, 0) is 4.74 Å². The molecular weight excluding hydrogens is 212 g/mol. The molecule has 0 saturated heterocycles. The number of hydrogen-bond donors (Lipinski definition) is 3. The monoisotopic (exact) mass is 226 g/mol. The van der Waals surface area contributed by atoms with Crippen LogP contribution in [0.4, 0.5) is 5.82 Å². The Balaban J connectivity index is 2.46. The predicted octanol–water partition coefficient (Wildman–Crippen LogP) is -1.01. The molecule has 1 unspecified atom stereocenters. The fourth-order valence-electron chi connectivity index (χ4n) is 1.03. The number of aliphatic hydroxyl groups is 1. The van der Waals surface area contributed by atoms with E-state index in [1.807, 2.05) is 0 Å². The standard InChI is InChI=1S/C9H14N4O3/c1-16-5-6(14)4-11-8-3-2-7(9(10)15)12-13-8/h2-3,6,14H,4-5H2,1H3,(H2,10,15)(H,11,13). The Labute approximate surface area is 92.6 Å². The first-order valence-corrected chi connectivity index (χ1v) is 4.68. The highest BCUT2D eigenvalue weighted by atomic mass is 16.5. The summed E-state index contributed by atoms with van der Waals surface area (Å²) in [4.78, 5) is 10.7. The van der Waals surface area contributed by atoms with Crippen LogP contribution in [0.5, 0.6) is 0 Å². The van der Waals surface area contributed by atoms with Crippen molar-refractivity contribution in [2.75, 3.05) is 25.6 Å². The van der Waals surface area contributed by atoms with Crippen LogP contribution in [0, 0.1) is 0 Å². The summed E-state index contributed by atoms with van der Waals surface area (Å²) in [6.45, 7) is 0.526. The summed E-state index contributed by atoms with van der Waals surface area (Å²) in [5, 5.41) is 19.5. The highest BCUT2D eigenvalue weighted by Crippen LogP contribution is 2.01. The van der Waals surface area contributed by atoms with Gasteiger partial charge in [-0.2, -0.15) is 0 Å². The molecule has 1 atom stereocenters. The molecule has 7 nitrogen and oxygen atoms in total. The third-order valence-corrected chi connectivity index (χ3v) is 1.79. The number of anilines is 1. The van der Waals surface area contributed by atoms with Crippen molar-refractivity contribution in [3.8, 4) is 0 Å². The summed E-state index contributed by atoms with van der Waals surface area (Å²) in [5.74, 6) is -0.168. The molecule has 4 N–H and O–H groups in total. The lowest BCUT2D eigenvalue weighted by Gasteiger charge is -2.10. The quantitative estimate of drug-likeness (QED) is 0.573. The van der Waals surface area contributed by atoms with Gasteiger partial charge in [-0.3, -0.25) is 4.79 Å². The third-order valence-electron chi connectivity index (χ3n) is 1.79. The number of nitrogens with two attached hydrogens (primary N) is 1. The number of ether oxygens (including phenoxy) is 1. The highest BCUT2D eigenvalue weighted by molar-refractivity contribution is 5.90. The van der Waals surface area contributed by atoms with E-state index < -0.39 is 12.0 Å². The van der Waals surface area contributed by atoms with Crippen molar-refractivity contribution in [1.29, 1.82) is 0 Å². The minimum Gasteiger partial charge on any atom is -0.389 e. The van der Waals surface area contributed by atoms with E-state index >= 15 is 0 Å². The molecule has 0 aliphatic carbocycles. The first kappa shape index (κ1) is 12.3. The van der Waals surface area contributed by atoms with Gasteiger partial charge < -0.3 is 20.9 Å². The van der Waals surface area contributed by atoms with Crippen LogP contribution in [-0.4, -0.2) is 47.6 Å². The highest BCUT2D eigenvalue weighted by Gasteiger charge is 2.05. The largest absolute Gasteiger partial charge is 0.389 e. The van der Waals surface area contributed by atoms with Gasteiger partial charge in [-0.25, -0.2) is 0 Å². The molecule has 1 rings (SSSR count). The van der Waals surface area contributed by atoms with Gasteiger partial charge in [0.15, 0.2) is 5.69 Å². The summed E-state index contributed by atoms with van der Waals surface area (Å²) in [6.07, 6.45) is -0.623. The lowest BCUT2D eigenvalue weighted by Crippen LogP contribution is -2.24. The number of nitrogens with one attached hydrogen (secondary N) is 1. The van der Waals surface area contributed by atoms with Gasteiger partial charge in [0.25, 0.3) is 5.91 Å². The molecule has 1 aromatic rings. The molecule has 0 fully saturated rings. The van der Waals surface area contributed by atoms with E-state index in [9.17, 15) is 9.90 Å².